The van der Waals surface area contributed by atoms with Gasteiger partial charge < -0.3 is 15.5 Å². The summed E-state index contributed by atoms with van der Waals surface area (Å²) in [5, 5.41) is 6.32. The fourth-order valence-corrected chi connectivity index (χ4v) is 4.30. The van der Waals surface area contributed by atoms with Gasteiger partial charge in [0.05, 0.1) is 0 Å². The van der Waals surface area contributed by atoms with Crippen molar-refractivity contribution < 1.29 is 9.59 Å². The van der Waals surface area contributed by atoms with Gasteiger partial charge >= 0.3 is 6.03 Å². The Morgan fingerprint density at radius 1 is 0.960 bits per heavy atom. The number of carbonyl (C=O) groups is 2. The van der Waals surface area contributed by atoms with Gasteiger partial charge in [-0.15, -0.1) is 0 Å². The van der Waals surface area contributed by atoms with Crippen molar-refractivity contribution in [3.63, 3.8) is 0 Å². The molecule has 0 aromatic heterocycles. The van der Waals surface area contributed by atoms with Gasteiger partial charge in [0, 0.05) is 31.6 Å². The number of nitrogens with zero attached hydrogens (tertiary/aromatic N) is 1. The fourth-order valence-electron chi connectivity index (χ4n) is 4.30. The number of carbonyl (C=O) groups excluding carboxylic acids is 2. The van der Waals surface area contributed by atoms with Crippen LogP contribution in [0.15, 0.2) is 12.2 Å². The molecule has 1 atom stereocenters. The molecule has 1 saturated carbocycles. The lowest BCUT2D eigenvalue weighted by atomic mass is 9.88. The third-order valence-electron chi connectivity index (χ3n) is 6.02. The van der Waals surface area contributed by atoms with Crippen molar-refractivity contribution in [3.8, 4) is 0 Å². The quantitative estimate of drug-likeness (QED) is 0.767. The number of nitrogens with one attached hydrogen (secondary N) is 2. The summed E-state index contributed by atoms with van der Waals surface area (Å²) < 4.78 is 0. The standard InChI is InChI=1S/C20H33N3O2/c24-19(17-9-5-2-6-10-17)22-18-11-13-23(14-12-18)20(25)21-15-16-7-3-1-4-8-16/h1,3,16-18H,2,4-15H2,(H,21,25)(H,22,24). The van der Waals surface area contributed by atoms with E-state index in [1.54, 1.807) is 0 Å². The van der Waals surface area contributed by atoms with Gasteiger partial charge in [0.1, 0.15) is 0 Å². The van der Waals surface area contributed by atoms with Gasteiger partial charge in [-0.25, -0.2) is 4.79 Å². The van der Waals surface area contributed by atoms with E-state index in [9.17, 15) is 9.59 Å². The smallest absolute Gasteiger partial charge is 0.317 e. The molecule has 5 heteroatoms. The van der Waals surface area contributed by atoms with Crippen LogP contribution in [0.5, 0.6) is 0 Å². The molecule has 0 bridgehead atoms. The van der Waals surface area contributed by atoms with Crippen LogP contribution in [0, 0.1) is 11.8 Å². The van der Waals surface area contributed by atoms with Gasteiger partial charge in [-0.2, -0.15) is 0 Å². The molecular weight excluding hydrogens is 314 g/mol. The summed E-state index contributed by atoms with van der Waals surface area (Å²) in [7, 11) is 0. The minimum Gasteiger partial charge on any atom is -0.353 e. The highest BCUT2D eigenvalue weighted by Crippen LogP contribution is 2.24. The Labute approximate surface area is 151 Å². The van der Waals surface area contributed by atoms with E-state index in [1.165, 1.54) is 25.7 Å². The van der Waals surface area contributed by atoms with Crippen LogP contribution >= 0.6 is 0 Å². The second-order valence-corrected chi connectivity index (χ2v) is 7.94. The minimum atomic E-state index is 0.0617. The topological polar surface area (TPSA) is 61.4 Å². The van der Waals surface area contributed by atoms with Crippen molar-refractivity contribution in [1.82, 2.24) is 15.5 Å². The van der Waals surface area contributed by atoms with Crippen molar-refractivity contribution in [2.75, 3.05) is 19.6 Å². The number of piperidine rings is 1. The van der Waals surface area contributed by atoms with Gasteiger partial charge in [-0.1, -0.05) is 31.4 Å². The van der Waals surface area contributed by atoms with E-state index in [0.29, 0.717) is 5.92 Å². The predicted molar refractivity (Wildman–Crippen MR) is 99.2 cm³/mol. The third-order valence-corrected chi connectivity index (χ3v) is 6.02. The third kappa shape index (κ3) is 5.48. The number of allylic oxidation sites excluding steroid dienone is 2. The van der Waals surface area contributed by atoms with E-state index in [0.717, 1.165) is 58.2 Å². The van der Waals surface area contributed by atoms with Crippen LogP contribution in [0.2, 0.25) is 0 Å². The first kappa shape index (κ1) is 18.3. The zero-order valence-electron chi connectivity index (χ0n) is 15.3. The summed E-state index contributed by atoms with van der Waals surface area (Å²) in [6, 6.07) is 0.300. The molecular formula is C20H33N3O2. The summed E-state index contributed by atoms with van der Waals surface area (Å²) in [5.74, 6) is 1.05. The van der Waals surface area contributed by atoms with E-state index in [2.05, 4.69) is 22.8 Å². The minimum absolute atomic E-state index is 0.0617. The average Bonchev–Trinajstić information content (AvgIpc) is 2.68. The van der Waals surface area contributed by atoms with Crippen LogP contribution < -0.4 is 10.6 Å². The molecule has 0 spiro atoms. The molecule has 3 aliphatic rings. The molecule has 2 N–H and O–H groups in total. The highest BCUT2D eigenvalue weighted by Gasteiger charge is 2.27. The molecule has 0 radical (unpaired) electrons. The van der Waals surface area contributed by atoms with E-state index in [1.807, 2.05) is 4.90 Å². The number of hydrogen-bond acceptors (Lipinski definition) is 2. The SMILES string of the molecule is O=C(NC1CCN(C(=O)NCC2CC=CCC2)CC1)C1CCCCC1. The molecule has 140 valence electrons. The number of amides is 3. The zero-order valence-corrected chi connectivity index (χ0v) is 15.3. The molecule has 1 unspecified atom stereocenters. The summed E-state index contributed by atoms with van der Waals surface area (Å²) in [4.78, 5) is 26.6. The Hall–Kier alpha value is -1.52. The molecule has 3 rings (SSSR count). The number of rotatable bonds is 4. The lowest BCUT2D eigenvalue weighted by Crippen LogP contribution is -2.50. The maximum Gasteiger partial charge on any atom is 0.317 e. The number of urea groups is 1. The van der Waals surface area contributed by atoms with Crippen molar-refractivity contribution in [2.24, 2.45) is 11.8 Å². The van der Waals surface area contributed by atoms with Crippen LogP contribution in [-0.2, 0) is 4.79 Å². The number of hydrogen-bond donors (Lipinski definition) is 2. The molecule has 5 nitrogen and oxygen atoms in total. The van der Waals surface area contributed by atoms with E-state index in [4.69, 9.17) is 0 Å². The zero-order chi connectivity index (χ0) is 17.5. The molecule has 1 saturated heterocycles. The van der Waals surface area contributed by atoms with Gasteiger partial charge in [-0.3, -0.25) is 4.79 Å². The lowest BCUT2D eigenvalue weighted by Gasteiger charge is -2.34. The highest BCUT2D eigenvalue weighted by molar-refractivity contribution is 5.79. The Kier molecular flexibility index (Phi) is 6.76. The first-order chi connectivity index (χ1) is 12.2. The van der Waals surface area contributed by atoms with Crippen molar-refractivity contribution in [2.45, 2.75) is 70.3 Å². The Morgan fingerprint density at radius 2 is 1.72 bits per heavy atom. The normalized spacial score (nSPS) is 25.6. The van der Waals surface area contributed by atoms with Gasteiger partial charge in [0.25, 0.3) is 0 Å². The van der Waals surface area contributed by atoms with E-state index in [-0.39, 0.29) is 23.9 Å². The molecule has 1 heterocycles. The molecule has 0 aromatic carbocycles. The Balaban J connectivity index is 1.34. The van der Waals surface area contributed by atoms with Crippen LogP contribution in [0.25, 0.3) is 0 Å². The fraction of sp³-hybridized carbons (Fsp3) is 0.800. The maximum atomic E-state index is 12.3. The largest absolute Gasteiger partial charge is 0.353 e. The second kappa shape index (κ2) is 9.25. The maximum absolute atomic E-state index is 12.3. The summed E-state index contributed by atoms with van der Waals surface area (Å²) in [6.45, 7) is 2.26. The number of likely N-dealkylation sites (tertiary alicyclic amines) is 1. The van der Waals surface area contributed by atoms with E-state index < -0.39 is 0 Å². The Morgan fingerprint density at radius 3 is 2.40 bits per heavy atom. The molecule has 1 aliphatic heterocycles. The van der Waals surface area contributed by atoms with Gasteiger partial charge in [0.2, 0.25) is 5.91 Å². The van der Waals surface area contributed by atoms with Crippen LogP contribution in [0.1, 0.15) is 64.2 Å². The molecule has 0 aromatic rings. The first-order valence-corrected chi connectivity index (χ1v) is 10.2. The predicted octanol–water partition coefficient (Wildman–Crippen LogP) is 3.21. The van der Waals surface area contributed by atoms with Crippen LogP contribution in [0.4, 0.5) is 4.79 Å². The summed E-state index contributed by atoms with van der Waals surface area (Å²) in [6.07, 6.45) is 15.3. The first-order valence-electron chi connectivity index (χ1n) is 10.2. The van der Waals surface area contributed by atoms with Crippen LogP contribution in [-0.4, -0.2) is 42.5 Å². The second-order valence-electron chi connectivity index (χ2n) is 7.94. The molecule has 25 heavy (non-hydrogen) atoms. The summed E-state index contributed by atoms with van der Waals surface area (Å²) in [5.41, 5.74) is 0. The monoisotopic (exact) mass is 347 g/mol. The molecule has 3 amide bonds. The lowest BCUT2D eigenvalue weighted by molar-refractivity contribution is -0.126. The van der Waals surface area contributed by atoms with Crippen molar-refractivity contribution in [1.29, 1.82) is 0 Å². The Bertz CT molecular complexity index is 477. The van der Waals surface area contributed by atoms with Crippen molar-refractivity contribution in [3.05, 3.63) is 12.2 Å². The van der Waals surface area contributed by atoms with Gasteiger partial charge in [0.15, 0.2) is 0 Å². The van der Waals surface area contributed by atoms with E-state index >= 15 is 0 Å². The highest BCUT2D eigenvalue weighted by atomic mass is 16.2. The molecule has 2 aliphatic carbocycles. The van der Waals surface area contributed by atoms with Gasteiger partial charge in [-0.05, 0) is 50.9 Å². The summed E-state index contributed by atoms with van der Waals surface area (Å²) >= 11 is 0. The van der Waals surface area contributed by atoms with Crippen LogP contribution in [0.3, 0.4) is 0 Å². The van der Waals surface area contributed by atoms with Crippen molar-refractivity contribution >= 4 is 11.9 Å². The molecule has 2 fully saturated rings. The average molecular weight is 348 g/mol.